The molecule has 1 aliphatic heterocycles. The zero-order valence-corrected chi connectivity index (χ0v) is 11.5. The standard InChI is InChI=1S/C12H13FN2O4S/c1-7-4-9(10(15(18)19)5-8(7)13)14-2-3-20-6-11(14)12(16)17/h4-5,11H,2-3,6H2,1H3,(H,16,17). The average Bonchev–Trinajstić information content (AvgIpc) is 2.41. The number of thioether (sulfide) groups is 1. The number of aliphatic carboxylic acids is 1. The molecule has 0 aromatic heterocycles. The Bertz CT molecular complexity index is 567. The van der Waals surface area contributed by atoms with E-state index >= 15 is 0 Å². The topological polar surface area (TPSA) is 83.7 Å². The van der Waals surface area contributed by atoms with Crippen LogP contribution in [0.3, 0.4) is 0 Å². The van der Waals surface area contributed by atoms with Crippen molar-refractivity contribution in [2.45, 2.75) is 13.0 Å². The second-order valence-corrected chi connectivity index (χ2v) is 5.62. The molecule has 20 heavy (non-hydrogen) atoms. The third kappa shape index (κ3) is 2.69. The first kappa shape index (κ1) is 14.6. The van der Waals surface area contributed by atoms with Crippen LogP contribution in [0.15, 0.2) is 12.1 Å². The van der Waals surface area contributed by atoms with Crippen LogP contribution in [0.5, 0.6) is 0 Å². The fourth-order valence-corrected chi connectivity index (χ4v) is 3.17. The molecule has 1 saturated heterocycles. The van der Waals surface area contributed by atoms with E-state index in [4.69, 9.17) is 0 Å². The van der Waals surface area contributed by atoms with Crippen molar-refractivity contribution in [3.05, 3.63) is 33.6 Å². The highest BCUT2D eigenvalue weighted by Crippen LogP contribution is 2.34. The van der Waals surface area contributed by atoms with Crippen molar-refractivity contribution in [3.63, 3.8) is 0 Å². The van der Waals surface area contributed by atoms with Gasteiger partial charge in [-0.1, -0.05) is 0 Å². The van der Waals surface area contributed by atoms with Gasteiger partial charge in [-0.15, -0.1) is 0 Å². The van der Waals surface area contributed by atoms with Crippen LogP contribution in [0.1, 0.15) is 5.56 Å². The molecule has 1 heterocycles. The lowest BCUT2D eigenvalue weighted by Gasteiger charge is -2.34. The van der Waals surface area contributed by atoms with E-state index in [0.717, 1.165) is 6.07 Å². The fraction of sp³-hybridized carbons (Fsp3) is 0.417. The third-order valence-electron chi connectivity index (χ3n) is 3.18. The molecule has 1 atom stereocenters. The van der Waals surface area contributed by atoms with E-state index in [1.165, 1.54) is 29.7 Å². The van der Waals surface area contributed by atoms with E-state index < -0.39 is 28.4 Å². The van der Waals surface area contributed by atoms with E-state index in [-0.39, 0.29) is 11.3 Å². The molecular weight excluding hydrogens is 287 g/mol. The average molecular weight is 300 g/mol. The van der Waals surface area contributed by atoms with Gasteiger partial charge in [-0.25, -0.2) is 9.18 Å². The minimum Gasteiger partial charge on any atom is -0.480 e. The number of carboxylic acids is 1. The second-order valence-electron chi connectivity index (χ2n) is 4.47. The highest BCUT2D eigenvalue weighted by Gasteiger charge is 2.33. The predicted molar refractivity (Wildman–Crippen MR) is 73.9 cm³/mol. The van der Waals surface area contributed by atoms with Crippen LogP contribution in [0.25, 0.3) is 0 Å². The Balaban J connectivity index is 2.51. The number of nitrogens with zero attached hydrogens (tertiary/aromatic N) is 2. The largest absolute Gasteiger partial charge is 0.480 e. The van der Waals surface area contributed by atoms with Crippen LogP contribution >= 0.6 is 11.8 Å². The summed E-state index contributed by atoms with van der Waals surface area (Å²) in [4.78, 5) is 23.1. The summed E-state index contributed by atoms with van der Waals surface area (Å²) in [7, 11) is 0. The van der Waals surface area contributed by atoms with Crippen molar-refractivity contribution in [2.24, 2.45) is 0 Å². The molecule has 1 aromatic carbocycles. The Kier molecular flexibility index (Phi) is 4.12. The molecule has 1 aliphatic rings. The van der Waals surface area contributed by atoms with Crippen molar-refractivity contribution >= 4 is 29.1 Å². The number of hydrogen-bond donors (Lipinski definition) is 1. The van der Waals surface area contributed by atoms with Crippen LogP contribution in [-0.2, 0) is 4.79 Å². The van der Waals surface area contributed by atoms with Gasteiger partial charge in [0.15, 0.2) is 0 Å². The lowest BCUT2D eigenvalue weighted by Crippen LogP contribution is -2.47. The van der Waals surface area contributed by atoms with Crippen LogP contribution in [0.4, 0.5) is 15.8 Å². The summed E-state index contributed by atoms with van der Waals surface area (Å²) < 4.78 is 13.5. The van der Waals surface area contributed by atoms with Crippen molar-refractivity contribution in [1.29, 1.82) is 0 Å². The maximum atomic E-state index is 13.5. The lowest BCUT2D eigenvalue weighted by molar-refractivity contribution is -0.384. The lowest BCUT2D eigenvalue weighted by atomic mass is 10.1. The van der Waals surface area contributed by atoms with Gasteiger partial charge in [0.1, 0.15) is 17.5 Å². The maximum Gasteiger partial charge on any atom is 0.327 e. The highest BCUT2D eigenvalue weighted by atomic mass is 32.2. The molecule has 1 aromatic rings. The van der Waals surface area contributed by atoms with Crippen molar-refractivity contribution in [2.75, 3.05) is 23.0 Å². The molecule has 2 rings (SSSR count). The minimum absolute atomic E-state index is 0.168. The zero-order chi connectivity index (χ0) is 14.9. The molecule has 1 unspecified atom stereocenters. The van der Waals surface area contributed by atoms with E-state index in [2.05, 4.69) is 0 Å². The number of carboxylic acid groups (broad SMARTS) is 1. The Morgan fingerprint density at radius 2 is 2.30 bits per heavy atom. The number of nitro benzene ring substituents is 1. The number of hydrogen-bond acceptors (Lipinski definition) is 5. The third-order valence-corrected chi connectivity index (χ3v) is 4.20. The van der Waals surface area contributed by atoms with E-state index in [0.29, 0.717) is 18.1 Å². The monoisotopic (exact) mass is 300 g/mol. The highest BCUT2D eigenvalue weighted by molar-refractivity contribution is 7.99. The number of aryl methyl sites for hydroxylation is 1. The molecule has 6 nitrogen and oxygen atoms in total. The normalized spacial score (nSPS) is 18.9. The molecule has 0 saturated carbocycles. The molecule has 0 aliphatic carbocycles. The number of carbonyl (C=O) groups is 1. The maximum absolute atomic E-state index is 13.5. The van der Waals surface area contributed by atoms with Crippen molar-refractivity contribution < 1.29 is 19.2 Å². The van der Waals surface area contributed by atoms with Crippen molar-refractivity contribution in [3.8, 4) is 0 Å². The molecule has 0 bridgehead atoms. The number of halogens is 1. The Hall–Kier alpha value is -1.83. The van der Waals surface area contributed by atoms with Gasteiger partial charge in [0.25, 0.3) is 5.69 Å². The van der Waals surface area contributed by atoms with E-state index in [1.54, 1.807) is 0 Å². The van der Waals surface area contributed by atoms with Gasteiger partial charge in [-0.3, -0.25) is 10.1 Å². The summed E-state index contributed by atoms with van der Waals surface area (Å²) in [5.74, 6) is -0.674. The minimum atomic E-state index is -1.03. The van der Waals surface area contributed by atoms with E-state index in [1.807, 2.05) is 0 Å². The quantitative estimate of drug-likeness (QED) is 0.679. The number of nitro groups is 1. The summed E-state index contributed by atoms with van der Waals surface area (Å²) in [6.07, 6.45) is 0. The molecule has 0 radical (unpaired) electrons. The van der Waals surface area contributed by atoms with Gasteiger partial charge in [0.05, 0.1) is 11.0 Å². The molecule has 0 amide bonds. The number of anilines is 1. The first-order valence-corrected chi connectivity index (χ1v) is 7.09. The first-order chi connectivity index (χ1) is 9.41. The molecule has 108 valence electrons. The summed E-state index contributed by atoms with van der Waals surface area (Å²) in [5.41, 5.74) is 0.0285. The SMILES string of the molecule is Cc1cc(N2CCSCC2C(=O)O)c([N+](=O)[O-])cc1F. The fourth-order valence-electron chi connectivity index (χ4n) is 2.13. The molecule has 1 N–H and O–H groups in total. The summed E-state index contributed by atoms with van der Waals surface area (Å²) in [6.45, 7) is 1.88. The molecule has 0 spiro atoms. The van der Waals surface area contributed by atoms with Gasteiger partial charge in [-0.05, 0) is 18.6 Å². The summed E-state index contributed by atoms with van der Waals surface area (Å²) in [5, 5.41) is 20.3. The smallest absolute Gasteiger partial charge is 0.327 e. The zero-order valence-electron chi connectivity index (χ0n) is 10.7. The van der Waals surface area contributed by atoms with Crippen LogP contribution in [0, 0.1) is 22.9 Å². The number of benzene rings is 1. The van der Waals surface area contributed by atoms with Gasteiger partial charge < -0.3 is 10.0 Å². The Morgan fingerprint density at radius 1 is 1.60 bits per heavy atom. The molecule has 1 fully saturated rings. The predicted octanol–water partition coefficient (Wildman–Crippen LogP) is 2.05. The Morgan fingerprint density at radius 3 is 2.90 bits per heavy atom. The summed E-state index contributed by atoms with van der Waals surface area (Å²) >= 11 is 1.48. The first-order valence-electron chi connectivity index (χ1n) is 5.93. The van der Waals surface area contributed by atoms with Crippen LogP contribution in [-0.4, -0.2) is 40.1 Å². The van der Waals surface area contributed by atoms with Crippen molar-refractivity contribution in [1.82, 2.24) is 0 Å². The van der Waals surface area contributed by atoms with Crippen LogP contribution in [0.2, 0.25) is 0 Å². The van der Waals surface area contributed by atoms with E-state index in [9.17, 15) is 24.4 Å². The Labute approximate surface area is 118 Å². The second kappa shape index (κ2) is 5.66. The molecular formula is C12H13FN2O4S. The van der Waals surface area contributed by atoms with Gasteiger partial charge >= 0.3 is 5.97 Å². The van der Waals surface area contributed by atoms with Crippen LogP contribution < -0.4 is 4.90 Å². The summed E-state index contributed by atoms with van der Waals surface area (Å²) in [6, 6.07) is 1.36. The number of rotatable bonds is 3. The van der Waals surface area contributed by atoms with Gasteiger partial charge in [0, 0.05) is 18.1 Å². The van der Waals surface area contributed by atoms with Gasteiger partial charge in [-0.2, -0.15) is 11.8 Å². The molecule has 8 heteroatoms. The van der Waals surface area contributed by atoms with Gasteiger partial charge in [0.2, 0.25) is 0 Å².